The number of benzene rings is 2. The molecule has 0 saturated heterocycles. The molecule has 1 nitrogen and oxygen atoms in total. The van der Waals surface area contributed by atoms with Crippen LogP contribution < -0.4 is 5.73 Å². The molecule has 0 atom stereocenters. The predicted molar refractivity (Wildman–Crippen MR) is 74.4 cm³/mol. The molecule has 0 spiro atoms. The van der Waals surface area contributed by atoms with Gasteiger partial charge >= 0.3 is 0 Å². The molecule has 2 aromatic rings. The molecule has 2 aromatic carbocycles. The van der Waals surface area contributed by atoms with Crippen LogP contribution in [-0.2, 0) is 5.75 Å². The van der Waals surface area contributed by atoms with E-state index in [1.807, 2.05) is 0 Å². The van der Waals surface area contributed by atoms with Gasteiger partial charge in [-0.15, -0.1) is 11.8 Å². The Balaban J connectivity index is 2.21. The molecule has 2 N–H and O–H groups in total. The number of hydrogen-bond donors (Lipinski definition) is 1. The van der Waals surface area contributed by atoms with Gasteiger partial charge in [-0.2, -0.15) is 0 Å². The van der Waals surface area contributed by atoms with Crippen molar-refractivity contribution in [3.63, 3.8) is 0 Å². The fraction of sp³-hybridized carbons (Fsp3) is 0.0769. The molecule has 0 unspecified atom stereocenters. The zero-order valence-corrected chi connectivity index (χ0v) is 12.0. The minimum Gasteiger partial charge on any atom is -0.399 e. The summed E-state index contributed by atoms with van der Waals surface area (Å²) in [5, 5.41) is 0. The standard InChI is InChI=1S/C13H9BrF3NS/c14-9-2-3-10(15)8(13(9)17)6-19-12-4-1-7(18)5-11(12)16/h1-5H,6,18H2. The quantitative estimate of drug-likeness (QED) is 0.493. The van der Waals surface area contributed by atoms with Crippen molar-refractivity contribution in [2.24, 2.45) is 0 Å². The molecule has 0 heterocycles. The number of thioether (sulfide) groups is 1. The van der Waals surface area contributed by atoms with Crippen molar-refractivity contribution in [1.82, 2.24) is 0 Å². The van der Waals surface area contributed by atoms with Crippen molar-refractivity contribution in [2.45, 2.75) is 10.6 Å². The molecule has 6 heteroatoms. The monoisotopic (exact) mass is 347 g/mol. The number of nitrogen functional groups attached to an aromatic ring is 1. The van der Waals surface area contributed by atoms with Gasteiger partial charge in [0, 0.05) is 21.9 Å². The average Bonchev–Trinajstić information content (AvgIpc) is 2.36. The van der Waals surface area contributed by atoms with E-state index < -0.39 is 17.5 Å². The van der Waals surface area contributed by atoms with Crippen LogP contribution in [0.2, 0.25) is 0 Å². The Kier molecular flexibility index (Phi) is 4.42. The van der Waals surface area contributed by atoms with Crippen LogP contribution in [0.15, 0.2) is 39.7 Å². The van der Waals surface area contributed by atoms with E-state index in [1.165, 1.54) is 24.3 Å². The Bertz CT molecular complexity index is 619. The average molecular weight is 348 g/mol. The van der Waals surface area contributed by atoms with E-state index in [2.05, 4.69) is 15.9 Å². The summed E-state index contributed by atoms with van der Waals surface area (Å²) in [5.74, 6) is -1.81. The lowest BCUT2D eigenvalue weighted by molar-refractivity contribution is 0.561. The lowest BCUT2D eigenvalue weighted by Crippen LogP contribution is -1.95. The molecule has 100 valence electrons. The van der Waals surface area contributed by atoms with Crippen molar-refractivity contribution in [2.75, 3.05) is 5.73 Å². The fourth-order valence-corrected chi connectivity index (χ4v) is 2.78. The van der Waals surface area contributed by atoms with Gasteiger partial charge in [0.1, 0.15) is 17.5 Å². The minimum absolute atomic E-state index is 0.00204. The second-order valence-electron chi connectivity index (χ2n) is 3.80. The smallest absolute Gasteiger partial charge is 0.144 e. The molecular formula is C13H9BrF3NS. The maximum atomic E-state index is 13.7. The summed E-state index contributed by atoms with van der Waals surface area (Å²) in [6, 6.07) is 6.67. The molecule has 0 aromatic heterocycles. The maximum Gasteiger partial charge on any atom is 0.144 e. The molecule has 0 fully saturated rings. The third-order valence-corrected chi connectivity index (χ3v) is 4.15. The lowest BCUT2D eigenvalue weighted by atomic mass is 10.2. The van der Waals surface area contributed by atoms with Crippen LogP contribution in [0.25, 0.3) is 0 Å². The molecule has 2 rings (SSSR count). The molecule has 0 bridgehead atoms. The Morgan fingerprint density at radius 3 is 2.47 bits per heavy atom. The molecule has 0 aliphatic heterocycles. The first-order valence-corrected chi connectivity index (χ1v) is 7.07. The molecule has 0 amide bonds. The van der Waals surface area contributed by atoms with E-state index in [-0.39, 0.29) is 15.8 Å². The summed E-state index contributed by atoms with van der Waals surface area (Å²) in [7, 11) is 0. The fourth-order valence-electron chi connectivity index (χ4n) is 1.49. The Morgan fingerprint density at radius 1 is 1.05 bits per heavy atom. The highest BCUT2D eigenvalue weighted by atomic mass is 79.9. The van der Waals surface area contributed by atoms with Gasteiger partial charge in [0.25, 0.3) is 0 Å². The highest BCUT2D eigenvalue weighted by Gasteiger charge is 2.13. The minimum atomic E-state index is -0.664. The van der Waals surface area contributed by atoms with Gasteiger partial charge < -0.3 is 5.73 Å². The highest BCUT2D eigenvalue weighted by molar-refractivity contribution is 9.10. The Labute approximate surface area is 121 Å². The van der Waals surface area contributed by atoms with E-state index in [4.69, 9.17) is 5.73 Å². The molecule has 0 aliphatic carbocycles. The number of halogens is 4. The molecule has 0 aliphatic rings. The van der Waals surface area contributed by atoms with Crippen LogP contribution in [0.1, 0.15) is 5.56 Å². The van der Waals surface area contributed by atoms with E-state index in [1.54, 1.807) is 6.07 Å². The Hall–Kier alpha value is -1.14. The van der Waals surface area contributed by atoms with Crippen molar-refractivity contribution < 1.29 is 13.2 Å². The molecular weight excluding hydrogens is 339 g/mol. The summed E-state index contributed by atoms with van der Waals surface area (Å²) < 4.78 is 40.9. The van der Waals surface area contributed by atoms with Crippen LogP contribution >= 0.6 is 27.7 Å². The second kappa shape index (κ2) is 5.88. The Morgan fingerprint density at radius 2 is 1.79 bits per heavy atom. The lowest BCUT2D eigenvalue weighted by Gasteiger charge is -2.07. The number of hydrogen-bond acceptors (Lipinski definition) is 2. The van der Waals surface area contributed by atoms with Gasteiger partial charge in [-0.3, -0.25) is 0 Å². The number of nitrogens with two attached hydrogens (primary N) is 1. The van der Waals surface area contributed by atoms with Crippen LogP contribution in [0, 0.1) is 17.5 Å². The zero-order valence-electron chi connectivity index (χ0n) is 9.59. The zero-order chi connectivity index (χ0) is 14.0. The van der Waals surface area contributed by atoms with Crippen molar-refractivity contribution in [3.8, 4) is 0 Å². The first-order valence-electron chi connectivity index (χ1n) is 5.29. The summed E-state index contributed by atoms with van der Waals surface area (Å²) in [4.78, 5) is 0.299. The van der Waals surface area contributed by atoms with Crippen LogP contribution in [-0.4, -0.2) is 0 Å². The molecule has 0 saturated carbocycles. The third kappa shape index (κ3) is 3.25. The van der Waals surface area contributed by atoms with Crippen molar-refractivity contribution >= 4 is 33.4 Å². The van der Waals surface area contributed by atoms with Crippen LogP contribution in [0.3, 0.4) is 0 Å². The molecule has 0 radical (unpaired) electrons. The van der Waals surface area contributed by atoms with Gasteiger partial charge in [-0.25, -0.2) is 13.2 Å². The highest BCUT2D eigenvalue weighted by Crippen LogP contribution is 2.30. The predicted octanol–water partition coefficient (Wildman–Crippen LogP) is 4.74. The van der Waals surface area contributed by atoms with Gasteiger partial charge in [0.2, 0.25) is 0 Å². The second-order valence-corrected chi connectivity index (χ2v) is 5.67. The van der Waals surface area contributed by atoms with Crippen molar-refractivity contribution in [3.05, 3.63) is 57.8 Å². The van der Waals surface area contributed by atoms with Gasteiger partial charge in [0.15, 0.2) is 0 Å². The van der Waals surface area contributed by atoms with E-state index in [0.717, 1.165) is 11.8 Å². The summed E-state index contributed by atoms with van der Waals surface area (Å²) in [5.41, 5.74) is 5.65. The van der Waals surface area contributed by atoms with E-state index >= 15 is 0 Å². The SMILES string of the molecule is Nc1ccc(SCc2c(F)ccc(Br)c2F)c(F)c1. The third-order valence-electron chi connectivity index (χ3n) is 2.47. The topological polar surface area (TPSA) is 26.0 Å². The first-order chi connectivity index (χ1) is 8.99. The van der Waals surface area contributed by atoms with Crippen LogP contribution in [0.4, 0.5) is 18.9 Å². The molecule has 19 heavy (non-hydrogen) atoms. The summed E-state index contributed by atoms with van der Waals surface area (Å²) >= 11 is 4.00. The first kappa shape index (κ1) is 14.3. The van der Waals surface area contributed by atoms with Gasteiger partial charge in [-0.1, -0.05) is 0 Å². The van der Waals surface area contributed by atoms with E-state index in [0.29, 0.717) is 10.6 Å². The van der Waals surface area contributed by atoms with Gasteiger partial charge in [-0.05, 0) is 46.3 Å². The van der Waals surface area contributed by atoms with Crippen molar-refractivity contribution in [1.29, 1.82) is 0 Å². The van der Waals surface area contributed by atoms with Crippen LogP contribution in [0.5, 0.6) is 0 Å². The largest absolute Gasteiger partial charge is 0.399 e. The van der Waals surface area contributed by atoms with Gasteiger partial charge in [0.05, 0.1) is 4.47 Å². The normalized spacial score (nSPS) is 10.7. The number of rotatable bonds is 3. The summed E-state index contributed by atoms with van der Waals surface area (Å²) in [6.07, 6.45) is 0. The number of anilines is 1. The maximum absolute atomic E-state index is 13.7. The summed E-state index contributed by atoms with van der Waals surface area (Å²) in [6.45, 7) is 0. The van der Waals surface area contributed by atoms with E-state index in [9.17, 15) is 13.2 Å².